The van der Waals surface area contributed by atoms with Gasteiger partial charge in [-0.2, -0.15) is 5.26 Å². The van der Waals surface area contributed by atoms with Gasteiger partial charge in [-0.3, -0.25) is 4.79 Å². The average molecular weight is 379 g/mol. The van der Waals surface area contributed by atoms with Gasteiger partial charge in [-0.25, -0.2) is 13.2 Å². The van der Waals surface area contributed by atoms with Crippen LogP contribution in [0.5, 0.6) is 0 Å². The van der Waals surface area contributed by atoms with Crippen molar-refractivity contribution in [3.05, 3.63) is 24.3 Å². The highest BCUT2D eigenvalue weighted by Crippen LogP contribution is 2.24. The zero-order valence-electron chi connectivity index (χ0n) is 14.3. The smallest absolute Gasteiger partial charge is 0.319 e. The van der Waals surface area contributed by atoms with Gasteiger partial charge in [0.05, 0.1) is 16.9 Å². The van der Waals surface area contributed by atoms with Gasteiger partial charge in [0.25, 0.3) is 0 Å². The quantitative estimate of drug-likeness (QED) is 0.717. The van der Waals surface area contributed by atoms with E-state index in [0.717, 1.165) is 0 Å². The molecule has 0 spiro atoms. The highest BCUT2D eigenvalue weighted by atomic mass is 32.2. The number of rotatable bonds is 5. The normalized spacial score (nSPS) is 21.2. The second kappa shape index (κ2) is 8.19. The zero-order valence-corrected chi connectivity index (χ0v) is 15.1. The van der Waals surface area contributed by atoms with Crippen LogP contribution < -0.4 is 10.6 Å². The standard InChI is InChI=1S/C17H21N3O5S/c1-11(10-18)26(24,25)15-8-6-14(7-9-15)20-17(23)19-13-4-2-12(3-5-13)16(21)22/h6-9,11-13H,2-5H2,1H3,(H,21,22)(H2,19,20,23). The molecule has 140 valence electrons. The van der Waals surface area contributed by atoms with Crippen LogP contribution in [0.15, 0.2) is 29.2 Å². The van der Waals surface area contributed by atoms with Crippen molar-refractivity contribution < 1.29 is 23.1 Å². The van der Waals surface area contributed by atoms with Crippen molar-refractivity contribution in [1.29, 1.82) is 5.26 Å². The summed E-state index contributed by atoms with van der Waals surface area (Å²) < 4.78 is 24.1. The third-order valence-electron chi connectivity index (χ3n) is 4.50. The fourth-order valence-electron chi connectivity index (χ4n) is 2.84. The van der Waals surface area contributed by atoms with E-state index in [-0.39, 0.29) is 16.9 Å². The molecule has 8 nitrogen and oxygen atoms in total. The van der Waals surface area contributed by atoms with Crippen molar-refractivity contribution in [2.45, 2.75) is 48.8 Å². The molecule has 2 rings (SSSR count). The number of anilines is 1. The van der Waals surface area contributed by atoms with Gasteiger partial charge in [0.2, 0.25) is 0 Å². The van der Waals surface area contributed by atoms with Gasteiger partial charge in [-0.1, -0.05) is 0 Å². The van der Waals surface area contributed by atoms with Gasteiger partial charge in [0.1, 0.15) is 5.25 Å². The molecule has 1 aromatic carbocycles. The number of carbonyl (C=O) groups excluding carboxylic acids is 1. The first-order valence-electron chi connectivity index (χ1n) is 8.28. The number of carboxylic acids is 1. The minimum atomic E-state index is -3.71. The molecule has 0 heterocycles. The fourth-order valence-corrected chi connectivity index (χ4v) is 3.90. The molecule has 3 N–H and O–H groups in total. The molecule has 9 heteroatoms. The molecule has 1 fully saturated rings. The van der Waals surface area contributed by atoms with Gasteiger partial charge in [0.15, 0.2) is 9.84 Å². The maximum atomic E-state index is 12.1. The van der Waals surface area contributed by atoms with Crippen LogP contribution in [-0.2, 0) is 14.6 Å². The van der Waals surface area contributed by atoms with E-state index in [4.69, 9.17) is 10.4 Å². The molecule has 1 aromatic rings. The Labute approximate surface area is 152 Å². The van der Waals surface area contributed by atoms with Crippen molar-refractivity contribution in [2.24, 2.45) is 5.92 Å². The van der Waals surface area contributed by atoms with E-state index in [1.54, 1.807) is 6.07 Å². The summed E-state index contributed by atoms with van der Waals surface area (Å²) in [6.07, 6.45) is 2.27. The lowest BCUT2D eigenvalue weighted by atomic mass is 9.86. The molecule has 0 aromatic heterocycles. The number of sulfone groups is 1. The third-order valence-corrected chi connectivity index (χ3v) is 6.47. The van der Waals surface area contributed by atoms with Gasteiger partial charge >= 0.3 is 12.0 Å². The Kier molecular flexibility index (Phi) is 6.21. The molecule has 1 atom stereocenters. The van der Waals surface area contributed by atoms with E-state index in [9.17, 15) is 18.0 Å². The summed E-state index contributed by atoms with van der Waals surface area (Å²) in [6, 6.07) is 6.79. The number of urea groups is 1. The molecule has 0 bridgehead atoms. The topological polar surface area (TPSA) is 136 Å². The van der Waals surface area contributed by atoms with Crippen molar-refractivity contribution in [2.75, 3.05) is 5.32 Å². The number of nitrogens with one attached hydrogen (secondary N) is 2. The Morgan fingerprint density at radius 2 is 1.77 bits per heavy atom. The molecule has 1 unspecified atom stereocenters. The van der Waals surface area contributed by atoms with Crippen LogP contribution in [0.2, 0.25) is 0 Å². The van der Waals surface area contributed by atoms with Crippen molar-refractivity contribution in [3.8, 4) is 6.07 Å². The molecule has 0 saturated heterocycles. The van der Waals surface area contributed by atoms with E-state index in [2.05, 4.69) is 10.6 Å². The second-order valence-corrected chi connectivity index (χ2v) is 8.59. The predicted molar refractivity (Wildman–Crippen MR) is 94.2 cm³/mol. The minimum Gasteiger partial charge on any atom is -0.481 e. The number of amides is 2. The van der Waals surface area contributed by atoms with E-state index < -0.39 is 27.1 Å². The number of nitriles is 1. The first-order valence-corrected chi connectivity index (χ1v) is 9.82. The summed E-state index contributed by atoms with van der Waals surface area (Å²) in [5.74, 6) is -1.14. The van der Waals surface area contributed by atoms with Crippen LogP contribution in [0, 0.1) is 17.2 Å². The predicted octanol–water partition coefficient (Wildman–Crippen LogP) is 2.14. The minimum absolute atomic E-state index is 0.0181. The largest absolute Gasteiger partial charge is 0.481 e. The molecule has 1 saturated carbocycles. The summed E-state index contributed by atoms with van der Waals surface area (Å²) in [4.78, 5) is 23.0. The SMILES string of the molecule is CC(C#N)S(=O)(=O)c1ccc(NC(=O)NC2CCC(C(=O)O)CC2)cc1. The van der Waals surface area contributed by atoms with Crippen LogP contribution in [0.1, 0.15) is 32.6 Å². The van der Waals surface area contributed by atoms with Gasteiger partial charge in [-0.05, 0) is 56.9 Å². The van der Waals surface area contributed by atoms with Gasteiger partial charge < -0.3 is 15.7 Å². The first-order chi connectivity index (χ1) is 12.2. The van der Waals surface area contributed by atoms with Crippen molar-refractivity contribution >= 4 is 27.5 Å². The Balaban J connectivity index is 1.90. The Hall–Kier alpha value is -2.60. The fraction of sp³-hybridized carbons (Fsp3) is 0.471. The Bertz CT molecular complexity index is 806. The highest BCUT2D eigenvalue weighted by Gasteiger charge is 2.27. The van der Waals surface area contributed by atoms with Crippen molar-refractivity contribution in [3.63, 3.8) is 0 Å². The van der Waals surface area contributed by atoms with Crippen LogP contribution >= 0.6 is 0 Å². The molecule has 2 amide bonds. The van der Waals surface area contributed by atoms with E-state index in [0.29, 0.717) is 31.4 Å². The third kappa shape index (κ3) is 4.73. The zero-order chi connectivity index (χ0) is 19.3. The molecule has 1 aliphatic rings. The Morgan fingerprint density at radius 1 is 1.19 bits per heavy atom. The number of carboxylic acid groups (broad SMARTS) is 1. The number of nitrogens with zero attached hydrogens (tertiary/aromatic N) is 1. The van der Waals surface area contributed by atoms with Gasteiger partial charge in [-0.15, -0.1) is 0 Å². The molecule has 26 heavy (non-hydrogen) atoms. The van der Waals surface area contributed by atoms with Crippen LogP contribution in [-0.4, -0.2) is 36.8 Å². The monoisotopic (exact) mass is 379 g/mol. The highest BCUT2D eigenvalue weighted by molar-refractivity contribution is 7.92. The van der Waals surface area contributed by atoms with Crippen LogP contribution in [0.3, 0.4) is 0 Å². The molecule has 0 radical (unpaired) electrons. The number of carbonyl (C=O) groups is 2. The summed E-state index contributed by atoms with van der Waals surface area (Å²) in [7, 11) is -3.71. The van der Waals surface area contributed by atoms with Gasteiger partial charge in [0, 0.05) is 11.7 Å². The second-order valence-electron chi connectivity index (χ2n) is 6.33. The maximum Gasteiger partial charge on any atom is 0.319 e. The number of aliphatic carboxylic acids is 1. The first kappa shape index (κ1) is 19.7. The summed E-state index contributed by atoms with van der Waals surface area (Å²) in [6.45, 7) is 1.31. The summed E-state index contributed by atoms with van der Waals surface area (Å²) >= 11 is 0. The molecular formula is C17H21N3O5S. The average Bonchev–Trinajstić information content (AvgIpc) is 2.61. The maximum absolute atomic E-state index is 12.1. The van der Waals surface area contributed by atoms with Crippen molar-refractivity contribution in [1.82, 2.24) is 5.32 Å². The Morgan fingerprint density at radius 3 is 2.27 bits per heavy atom. The molecule has 1 aliphatic carbocycles. The molecular weight excluding hydrogens is 358 g/mol. The lowest BCUT2D eigenvalue weighted by molar-refractivity contribution is -0.142. The lowest BCUT2D eigenvalue weighted by Gasteiger charge is -2.26. The number of hydrogen-bond acceptors (Lipinski definition) is 5. The summed E-state index contributed by atoms with van der Waals surface area (Å²) in [5.41, 5.74) is 0.422. The van der Waals surface area contributed by atoms with E-state index in [1.165, 1.54) is 31.2 Å². The van der Waals surface area contributed by atoms with E-state index >= 15 is 0 Å². The number of benzene rings is 1. The number of hydrogen-bond donors (Lipinski definition) is 3. The molecule has 0 aliphatic heterocycles. The van der Waals surface area contributed by atoms with Crippen LogP contribution in [0.25, 0.3) is 0 Å². The summed E-state index contributed by atoms with van der Waals surface area (Å²) in [5, 5.41) is 22.0. The van der Waals surface area contributed by atoms with Crippen LogP contribution in [0.4, 0.5) is 10.5 Å². The van der Waals surface area contributed by atoms with E-state index in [1.807, 2.05) is 0 Å². The lowest BCUT2D eigenvalue weighted by Crippen LogP contribution is -2.40.